The van der Waals surface area contributed by atoms with Gasteiger partial charge in [0, 0.05) is 19.6 Å². The van der Waals surface area contributed by atoms with E-state index in [4.69, 9.17) is 9.84 Å². The Labute approximate surface area is 121 Å². The summed E-state index contributed by atoms with van der Waals surface area (Å²) < 4.78 is 45.6. The summed E-state index contributed by atoms with van der Waals surface area (Å²) >= 11 is 0. The van der Waals surface area contributed by atoms with Gasteiger partial charge in [-0.1, -0.05) is 12.1 Å². The lowest BCUT2D eigenvalue weighted by Crippen LogP contribution is -2.47. The molecule has 2 rings (SSSR count). The molecule has 1 aliphatic rings. The minimum absolute atomic E-state index is 0.0173. The number of alkyl halides is 3. The number of benzene rings is 1. The second-order valence-corrected chi connectivity index (χ2v) is 5.14. The molecule has 21 heavy (non-hydrogen) atoms. The average molecular weight is 305 g/mol. The highest BCUT2D eigenvalue weighted by molar-refractivity contribution is 5.27. The van der Waals surface area contributed by atoms with Crippen LogP contribution in [0, 0.1) is 0 Å². The van der Waals surface area contributed by atoms with E-state index in [-0.39, 0.29) is 24.6 Å². The van der Waals surface area contributed by atoms with E-state index >= 15 is 0 Å². The fourth-order valence-corrected chi connectivity index (χ4v) is 2.43. The summed E-state index contributed by atoms with van der Waals surface area (Å²) in [7, 11) is 0. The Hall–Kier alpha value is -1.31. The molecule has 1 aromatic carbocycles. The van der Waals surface area contributed by atoms with Crippen molar-refractivity contribution in [2.75, 3.05) is 19.7 Å². The SMILES string of the molecule is CC1CN(Cc2ccc(OC(F)(F)F)cc2)CC(CO)O1. The van der Waals surface area contributed by atoms with Crippen molar-refractivity contribution in [3.05, 3.63) is 29.8 Å². The van der Waals surface area contributed by atoms with Gasteiger partial charge in [0.25, 0.3) is 0 Å². The number of aliphatic hydroxyl groups is 1. The lowest BCUT2D eigenvalue weighted by Gasteiger charge is -2.36. The highest BCUT2D eigenvalue weighted by Crippen LogP contribution is 2.23. The number of rotatable bonds is 4. The Kier molecular flexibility index (Phi) is 5.08. The monoisotopic (exact) mass is 305 g/mol. The second kappa shape index (κ2) is 6.64. The van der Waals surface area contributed by atoms with Crippen LogP contribution in [-0.2, 0) is 11.3 Å². The van der Waals surface area contributed by atoms with Gasteiger partial charge in [0.15, 0.2) is 0 Å². The maximum atomic E-state index is 12.1. The van der Waals surface area contributed by atoms with Gasteiger partial charge in [-0.25, -0.2) is 0 Å². The van der Waals surface area contributed by atoms with Gasteiger partial charge in [0.05, 0.1) is 18.8 Å². The maximum Gasteiger partial charge on any atom is 0.573 e. The van der Waals surface area contributed by atoms with Crippen LogP contribution in [0.15, 0.2) is 24.3 Å². The van der Waals surface area contributed by atoms with Gasteiger partial charge in [-0.15, -0.1) is 13.2 Å². The third-order valence-corrected chi connectivity index (χ3v) is 3.17. The van der Waals surface area contributed by atoms with Crippen molar-refractivity contribution >= 4 is 0 Å². The van der Waals surface area contributed by atoms with E-state index in [0.717, 1.165) is 12.1 Å². The highest BCUT2D eigenvalue weighted by atomic mass is 19.4. The summed E-state index contributed by atoms with van der Waals surface area (Å²) in [6.07, 6.45) is -4.87. The first kappa shape index (κ1) is 16.1. The van der Waals surface area contributed by atoms with Crippen LogP contribution in [0.4, 0.5) is 13.2 Å². The van der Waals surface area contributed by atoms with Gasteiger partial charge >= 0.3 is 6.36 Å². The normalized spacial score (nSPS) is 24.0. The minimum atomic E-state index is -4.67. The number of hydrogen-bond donors (Lipinski definition) is 1. The molecule has 2 atom stereocenters. The Bertz CT molecular complexity index is 450. The molecule has 118 valence electrons. The zero-order valence-corrected chi connectivity index (χ0v) is 11.6. The third kappa shape index (κ3) is 5.18. The predicted molar refractivity (Wildman–Crippen MR) is 69.8 cm³/mol. The Morgan fingerprint density at radius 3 is 2.52 bits per heavy atom. The van der Waals surface area contributed by atoms with Crippen LogP contribution in [0.3, 0.4) is 0 Å². The van der Waals surface area contributed by atoms with Gasteiger partial charge < -0.3 is 14.6 Å². The summed E-state index contributed by atoms with van der Waals surface area (Å²) in [6, 6.07) is 5.82. The molecule has 0 spiro atoms. The van der Waals surface area contributed by atoms with Crippen LogP contribution in [0.25, 0.3) is 0 Å². The largest absolute Gasteiger partial charge is 0.573 e. The lowest BCUT2D eigenvalue weighted by molar-refractivity contribution is -0.274. The summed E-state index contributed by atoms with van der Waals surface area (Å²) in [6.45, 7) is 3.80. The molecule has 1 fully saturated rings. The van der Waals surface area contributed by atoms with Gasteiger partial charge in [-0.05, 0) is 24.6 Å². The van der Waals surface area contributed by atoms with Crippen molar-refractivity contribution < 1.29 is 27.8 Å². The van der Waals surface area contributed by atoms with Crippen molar-refractivity contribution in [2.24, 2.45) is 0 Å². The van der Waals surface area contributed by atoms with E-state index in [9.17, 15) is 13.2 Å². The zero-order valence-electron chi connectivity index (χ0n) is 11.6. The van der Waals surface area contributed by atoms with Crippen molar-refractivity contribution in [3.63, 3.8) is 0 Å². The molecule has 0 amide bonds. The molecule has 0 bridgehead atoms. The fourth-order valence-electron chi connectivity index (χ4n) is 2.43. The first-order valence-corrected chi connectivity index (χ1v) is 6.69. The molecule has 1 heterocycles. The fraction of sp³-hybridized carbons (Fsp3) is 0.571. The Morgan fingerprint density at radius 2 is 1.95 bits per heavy atom. The van der Waals surface area contributed by atoms with Crippen LogP contribution >= 0.6 is 0 Å². The topological polar surface area (TPSA) is 41.9 Å². The van der Waals surface area contributed by atoms with E-state index in [0.29, 0.717) is 13.1 Å². The van der Waals surface area contributed by atoms with Gasteiger partial charge in [0.2, 0.25) is 0 Å². The zero-order chi connectivity index (χ0) is 15.5. The number of nitrogens with zero attached hydrogens (tertiary/aromatic N) is 1. The predicted octanol–water partition coefficient (Wildman–Crippen LogP) is 2.17. The molecule has 0 saturated carbocycles. The summed E-state index contributed by atoms with van der Waals surface area (Å²) in [5, 5.41) is 9.16. The van der Waals surface area contributed by atoms with Crippen molar-refractivity contribution in [3.8, 4) is 5.75 Å². The molecule has 0 radical (unpaired) electrons. The molecule has 0 aromatic heterocycles. The highest BCUT2D eigenvalue weighted by Gasteiger charge is 2.31. The summed E-state index contributed by atoms with van der Waals surface area (Å²) in [4.78, 5) is 2.11. The number of halogens is 3. The van der Waals surface area contributed by atoms with Crippen LogP contribution in [0.5, 0.6) is 5.75 Å². The molecule has 1 aromatic rings. The minimum Gasteiger partial charge on any atom is -0.406 e. The molecule has 2 unspecified atom stereocenters. The number of morpholine rings is 1. The lowest BCUT2D eigenvalue weighted by atomic mass is 10.1. The van der Waals surface area contributed by atoms with Crippen molar-refractivity contribution in [2.45, 2.75) is 32.0 Å². The molecule has 4 nitrogen and oxygen atoms in total. The van der Waals surface area contributed by atoms with Crippen molar-refractivity contribution in [1.82, 2.24) is 4.90 Å². The van der Waals surface area contributed by atoms with Gasteiger partial charge in [-0.2, -0.15) is 0 Å². The number of hydrogen-bond acceptors (Lipinski definition) is 4. The number of aliphatic hydroxyl groups excluding tert-OH is 1. The molecule has 1 N–H and O–H groups in total. The van der Waals surface area contributed by atoms with Gasteiger partial charge in [-0.3, -0.25) is 4.90 Å². The first-order valence-electron chi connectivity index (χ1n) is 6.69. The van der Waals surface area contributed by atoms with Crippen LogP contribution in [0.2, 0.25) is 0 Å². The molecule has 1 aliphatic heterocycles. The van der Waals surface area contributed by atoms with E-state index in [2.05, 4.69) is 9.64 Å². The standard InChI is InChI=1S/C14H18F3NO3/c1-10-6-18(8-13(9-19)20-10)7-11-2-4-12(5-3-11)21-14(15,16)17/h2-5,10,13,19H,6-9H2,1H3. The average Bonchev–Trinajstić information content (AvgIpc) is 2.38. The number of ether oxygens (including phenoxy) is 2. The Morgan fingerprint density at radius 1 is 1.29 bits per heavy atom. The molecule has 1 saturated heterocycles. The molecular weight excluding hydrogens is 287 g/mol. The maximum absolute atomic E-state index is 12.1. The summed E-state index contributed by atoms with van der Waals surface area (Å²) in [5.41, 5.74) is 0.885. The Balaban J connectivity index is 1.93. The molecule has 7 heteroatoms. The van der Waals surface area contributed by atoms with Crippen LogP contribution in [-0.4, -0.2) is 48.3 Å². The summed E-state index contributed by atoms with van der Waals surface area (Å²) in [5.74, 6) is -0.227. The second-order valence-electron chi connectivity index (χ2n) is 5.14. The van der Waals surface area contributed by atoms with E-state index in [1.165, 1.54) is 12.1 Å². The molecule has 0 aliphatic carbocycles. The van der Waals surface area contributed by atoms with E-state index < -0.39 is 6.36 Å². The van der Waals surface area contributed by atoms with Crippen LogP contribution < -0.4 is 4.74 Å². The van der Waals surface area contributed by atoms with Gasteiger partial charge in [0.1, 0.15) is 5.75 Å². The smallest absolute Gasteiger partial charge is 0.406 e. The van der Waals surface area contributed by atoms with E-state index in [1.54, 1.807) is 12.1 Å². The molecular formula is C14H18F3NO3. The van der Waals surface area contributed by atoms with Crippen molar-refractivity contribution in [1.29, 1.82) is 0 Å². The third-order valence-electron chi connectivity index (χ3n) is 3.17. The van der Waals surface area contributed by atoms with Crippen LogP contribution in [0.1, 0.15) is 12.5 Å². The van der Waals surface area contributed by atoms with E-state index in [1.807, 2.05) is 6.92 Å². The quantitative estimate of drug-likeness (QED) is 0.926. The first-order chi connectivity index (χ1) is 9.85.